The SMILES string of the molecule is O[C@H]1CCCC[C@H]1NN(c1ccccc1)c1ccccc1. The van der Waals surface area contributed by atoms with Gasteiger partial charge in [0.2, 0.25) is 0 Å². The largest absolute Gasteiger partial charge is 0.391 e. The number of aliphatic hydroxyl groups is 1. The number of hydrazine groups is 1. The summed E-state index contributed by atoms with van der Waals surface area (Å²) in [5.41, 5.74) is 5.69. The molecule has 2 N–H and O–H groups in total. The maximum absolute atomic E-state index is 10.2. The van der Waals surface area contributed by atoms with Crippen molar-refractivity contribution < 1.29 is 5.11 Å². The van der Waals surface area contributed by atoms with Crippen molar-refractivity contribution in [3.8, 4) is 0 Å². The molecule has 0 unspecified atom stereocenters. The zero-order valence-electron chi connectivity index (χ0n) is 12.2. The lowest BCUT2D eigenvalue weighted by atomic mass is 9.93. The summed E-state index contributed by atoms with van der Waals surface area (Å²) in [7, 11) is 0. The Balaban J connectivity index is 1.86. The molecule has 3 heteroatoms. The zero-order valence-corrected chi connectivity index (χ0v) is 12.2. The summed E-state index contributed by atoms with van der Waals surface area (Å²) in [6, 6.07) is 20.6. The van der Waals surface area contributed by atoms with E-state index in [1.165, 1.54) is 6.42 Å². The number of para-hydroxylation sites is 2. The Labute approximate surface area is 126 Å². The van der Waals surface area contributed by atoms with Crippen molar-refractivity contribution in [2.24, 2.45) is 0 Å². The summed E-state index contributed by atoms with van der Waals surface area (Å²) in [5.74, 6) is 0. The minimum absolute atomic E-state index is 0.110. The fraction of sp³-hybridized carbons (Fsp3) is 0.333. The van der Waals surface area contributed by atoms with Crippen molar-refractivity contribution >= 4 is 11.4 Å². The van der Waals surface area contributed by atoms with E-state index in [9.17, 15) is 5.11 Å². The summed E-state index contributed by atoms with van der Waals surface area (Å²) < 4.78 is 0. The Kier molecular flexibility index (Phi) is 4.53. The van der Waals surface area contributed by atoms with Gasteiger partial charge in [0.1, 0.15) is 0 Å². The molecule has 3 rings (SSSR count). The smallest absolute Gasteiger partial charge is 0.0711 e. The minimum atomic E-state index is -0.270. The summed E-state index contributed by atoms with van der Waals surface area (Å²) >= 11 is 0. The molecule has 1 aliphatic carbocycles. The second-order valence-electron chi connectivity index (χ2n) is 5.59. The number of benzene rings is 2. The normalized spacial score (nSPS) is 22.0. The van der Waals surface area contributed by atoms with E-state index in [-0.39, 0.29) is 12.1 Å². The standard InChI is InChI=1S/C18H22N2O/c21-18-14-8-7-13-17(18)19-20(15-9-3-1-4-10-15)16-11-5-2-6-12-16/h1-6,9-12,17-19,21H,7-8,13-14H2/t17-,18+/m1/s1. The molecule has 21 heavy (non-hydrogen) atoms. The number of nitrogens with zero attached hydrogens (tertiary/aromatic N) is 1. The van der Waals surface area contributed by atoms with Crippen LogP contribution in [0.4, 0.5) is 11.4 Å². The number of hydrogen-bond acceptors (Lipinski definition) is 3. The van der Waals surface area contributed by atoms with Crippen LogP contribution in [0.2, 0.25) is 0 Å². The highest BCUT2D eigenvalue weighted by Gasteiger charge is 2.25. The van der Waals surface area contributed by atoms with E-state index in [0.717, 1.165) is 30.6 Å². The Morgan fingerprint density at radius 2 is 1.33 bits per heavy atom. The number of anilines is 2. The van der Waals surface area contributed by atoms with Crippen LogP contribution in [0, 0.1) is 0 Å². The lowest BCUT2D eigenvalue weighted by Gasteiger charge is -2.35. The van der Waals surface area contributed by atoms with Gasteiger partial charge in [-0.3, -0.25) is 5.01 Å². The van der Waals surface area contributed by atoms with E-state index in [2.05, 4.69) is 34.7 Å². The van der Waals surface area contributed by atoms with Crippen molar-refractivity contribution in [3.63, 3.8) is 0 Å². The maximum atomic E-state index is 10.2. The molecule has 0 spiro atoms. The highest BCUT2D eigenvalue weighted by atomic mass is 16.3. The first-order chi connectivity index (χ1) is 10.3. The number of nitrogens with one attached hydrogen (secondary N) is 1. The Hall–Kier alpha value is -1.84. The van der Waals surface area contributed by atoms with E-state index in [1.54, 1.807) is 0 Å². The van der Waals surface area contributed by atoms with Crippen LogP contribution in [0.25, 0.3) is 0 Å². The van der Waals surface area contributed by atoms with Gasteiger partial charge in [-0.1, -0.05) is 49.2 Å². The molecule has 0 saturated heterocycles. The molecular weight excluding hydrogens is 260 g/mol. The lowest BCUT2D eigenvalue weighted by Crippen LogP contribution is -2.49. The van der Waals surface area contributed by atoms with Crippen molar-refractivity contribution in [2.45, 2.75) is 37.8 Å². The minimum Gasteiger partial charge on any atom is -0.391 e. The molecular formula is C18H22N2O. The van der Waals surface area contributed by atoms with Crippen LogP contribution in [-0.4, -0.2) is 17.3 Å². The molecule has 110 valence electrons. The third-order valence-corrected chi connectivity index (χ3v) is 4.05. The van der Waals surface area contributed by atoms with Gasteiger partial charge in [-0.2, -0.15) is 0 Å². The van der Waals surface area contributed by atoms with E-state index in [1.807, 2.05) is 36.4 Å². The van der Waals surface area contributed by atoms with Crippen LogP contribution < -0.4 is 10.4 Å². The highest BCUT2D eigenvalue weighted by Crippen LogP contribution is 2.26. The second kappa shape index (κ2) is 6.74. The first-order valence-electron chi connectivity index (χ1n) is 7.69. The topological polar surface area (TPSA) is 35.5 Å². The van der Waals surface area contributed by atoms with E-state index in [0.29, 0.717) is 0 Å². The molecule has 0 radical (unpaired) electrons. The van der Waals surface area contributed by atoms with E-state index >= 15 is 0 Å². The average molecular weight is 282 g/mol. The second-order valence-corrected chi connectivity index (χ2v) is 5.59. The first-order valence-corrected chi connectivity index (χ1v) is 7.69. The van der Waals surface area contributed by atoms with Gasteiger partial charge in [-0.05, 0) is 37.1 Å². The molecule has 1 fully saturated rings. The highest BCUT2D eigenvalue weighted by molar-refractivity contribution is 5.61. The van der Waals surface area contributed by atoms with E-state index in [4.69, 9.17) is 0 Å². The molecule has 0 amide bonds. The van der Waals surface area contributed by atoms with Gasteiger partial charge < -0.3 is 5.11 Å². The van der Waals surface area contributed by atoms with Gasteiger partial charge in [0.25, 0.3) is 0 Å². The number of hydrogen-bond donors (Lipinski definition) is 2. The van der Waals surface area contributed by atoms with Crippen LogP contribution in [0.5, 0.6) is 0 Å². The predicted molar refractivity (Wildman–Crippen MR) is 86.4 cm³/mol. The summed E-state index contributed by atoms with van der Waals surface area (Å²) in [5, 5.41) is 12.3. The molecule has 3 nitrogen and oxygen atoms in total. The van der Waals surface area contributed by atoms with Gasteiger partial charge in [-0.25, -0.2) is 5.43 Å². The summed E-state index contributed by atoms with van der Waals surface area (Å²) in [6.07, 6.45) is 3.92. The van der Waals surface area contributed by atoms with Gasteiger partial charge in [0.15, 0.2) is 0 Å². The molecule has 1 saturated carbocycles. The molecule has 1 aliphatic rings. The van der Waals surface area contributed by atoms with Crippen molar-refractivity contribution in [1.29, 1.82) is 0 Å². The van der Waals surface area contributed by atoms with Crippen molar-refractivity contribution in [1.82, 2.24) is 5.43 Å². The molecule has 0 aliphatic heterocycles. The predicted octanol–water partition coefficient (Wildman–Crippen LogP) is 3.63. The average Bonchev–Trinajstić information content (AvgIpc) is 2.56. The fourth-order valence-corrected chi connectivity index (χ4v) is 2.88. The fourth-order valence-electron chi connectivity index (χ4n) is 2.88. The molecule has 2 aromatic rings. The molecule has 0 heterocycles. The Morgan fingerprint density at radius 3 is 1.86 bits per heavy atom. The Bertz CT molecular complexity index is 504. The molecule has 0 bridgehead atoms. The maximum Gasteiger partial charge on any atom is 0.0711 e. The van der Waals surface area contributed by atoms with Crippen LogP contribution in [0.1, 0.15) is 25.7 Å². The number of rotatable bonds is 4. The molecule has 0 aromatic heterocycles. The first kappa shape index (κ1) is 14.1. The van der Waals surface area contributed by atoms with Crippen LogP contribution in [0.15, 0.2) is 60.7 Å². The van der Waals surface area contributed by atoms with Crippen molar-refractivity contribution in [2.75, 3.05) is 5.01 Å². The number of aliphatic hydroxyl groups excluding tert-OH is 1. The Morgan fingerprint density at radius 1 is 0.810 bits per heavy atom. The van der Waals surface area contributed by atoms with Crippen LogP contribution in [-0.2, 0) is 0 Å². The quantitative estimate of drug-likeness (QED) is 0.841. The zero-order chi connectivity index (χ0) is 14.5. The third-order valence-electron chi connectivity index (χ3n) is 4.05. The van der Waals surface area contributed by atoms with Crippen molar-refractivity contribution in [3.05, 3.63) is 60.7 Å². The third kappa shape index (κ3) is 3.43. The van der Waals surface area contributed by atoms with Gasteiger partial charge in [-0.15, -0.1) is 0 Å². The van der Waals surface area contributed by atoms with Crippen LogP contribution in [0.3, 0.4) is 0 Å². The summed E-state index contributed by atoms with van der Waals surface area (Å²) in [4.78, 5) is 0. The van der Waals surface area contributed by atoms with E-state index < -0.39 is 0 Å². The van der Waals surface area contributed by atoms with Gasteiger partial charge in [0, 0.05) is 0 Å². The summed E-state index contributed by atoms with van der Waals surface area (Å²) in [6.45, 7) is 0. The van der Waals surface area contributed by atoms with Gasteiger partial charge >= 0.3 is 0 Å². The van der Waals surface area contributed by atoms with Crippen LogP contribution >= 0.6 is 0 Å². The molecule has 2 atom stereocenters. The molecule has 2 aromatic carbocycles. The lowest BCUT2D eigenvalue weighted by molar-refractivity contribution is 0.0912. The monoisotopic (exact) mass is 282 g/mol. The van der Waals surface area contributed by atoms with Gasteiger partial charge in [0.05, 0.1) is 23.5 Å².